The van der Waals surface area contributed by atoms with Crippen molar-refractivity contribution in [1.82, 2.24) is 15.1 Å². The summed E-state index contributed by atoms with van der Waals surface area (Å²) >= 11 is 5.06. The van der Waals surface area contributed by atoms with E-state index in [-0.39, 0.29) is 5.91 Å². The quantitative estimate of drug-likeness (QED) is 0.743. The molecule has 6 heteroatoms. The van der Waals surface area contributed by atoms with Gasteiger partial charge in [0, 0.05) is 17.5 Å². The molecular formula is C16H14BrN3OS. The normalized spacial score (nSPS) is 10.6. The fourth-order valence-corrected chi connectivity index (χ4v) is 3.67. The van der Waals surface area contributed by atoms with Crippen molar-refractivity contribution in [3.05, 3.63) is 62.9 Å². The minimum atomic E-state index is -0.0702. The maximum absolute atomic E-state index is 12.4. The third kappa shape index (κ3) is 3.28. The van der Waals surface area contributed by atoms with Gasteiger partial charge in [0.05, 0.1) is 16.0 Å². The number of nitrogens with one attached hydrogen (secondary N) is 1. The fraction of sp³-hybridized carbons (Fsp3) is 0.125. The van der Waals surface area contributed by atoms with Gasteiger partial charge in [-0.25, -0.2) is 0 Å². The molecule has 1 amide bonds. The van der Waals surface area contributed by atoms with Crippen LogP contribution in [0.2, 0.25) is 0 Å². The Labute approximate surface area is 140 Å². The molecule has 2 heterocycles. The van der Waals surface area contributed by atoms with Crippen molar-refractivity contribution in [1.29, 1.82) is 0 Å². The largest absolute Gasteiger partial charge is 0.335 e. The summed E-state index contributed by atoms with van der Waals surface area (Å²) in [7, 11) is 1.79. The number of carbonyl (C=O) groups excluding carboxylic acids is 1. The molecule has 3 aromatic rings. The number of halogens is 1. The molecule has 0 radical (unpaired) electrons. The van der Waals surface area contributed by atoms with Crippen LogP contribution in [0, 0.1) is 0 Å². The minimum absolute atomic E-state index is 0.0702. The summed E-state index contributed by atoms with van der Waals surface area (Å²) in [6, 6.07) is 15.6. The molecule has 0 saturated carbocycles. The second kappa shape index (κ2) is 6.46. The van der Waals surface area contributed by atoms with Crippen LogP contribution in [-0.2, 0) is 6.54 Å². The molecule has 0 aliphatic rings. The van der Waals surface area contributed by atoms with Gasteiger partial charge in [0.1, 0.15) is 5.69 Å². The van der Waals surface area contributed by atoms with E-state index in [2.05, 4.69) is 26.1 Å². The first kappa shape index (κ1) is 15.0. The van der Waals surface area contributed by atoms with Gasteiger partial charge in [0.15, 0.2) is 0 Å². The summed E-state index contributed by atoms with van der Waals surface area (Å²) in [6.07, 6.45) is 0. The van der Waals surface area contributed by atoms with Crippen LogP contribution >= 0.6 is 27.3 Å². The lowest BCUT2D eigenvalue weighted by Crippen LogP contribution is -2.26. The van der Waals surface area contributed by atoms with Gasteiger partial charge < -0.3 is 4.90 Å². The highest BCUT2D eigenvalue weighted by atomic mass is 79.9. The SMILES string of the molecule is CN(Cc1ccc(Br)s1)C(=O)c1cc(-c2ccccc2)n[nH]1. The van der Waals surface area contributed by atoms with Gasteiger partial charge in [-0.3, -0.25) is 9.89 Å². The van der Waals surface area contributed by atoms with Crippen molar-refractivity contribution in [3.8, 4) is 11.3 Å². The predicted molar refractivity (Wildman–Crippen MR) is 91.8 cm³/mol. The molecule has 1 aromatic carbocycles. The van der Waals surface area contributed by atoms with E-state index in [0.717, 1.165) is 19.9 Å². The number of aromatic nitrogens is 2. The predicted octanol–water partition coefficient (Wildman–Crippen LogP) is 4.17. The van der Waals surface area contributed by atoms with Gasteiger partial charge in [-0.1, -0.05) is 30.3 Å². The molecule has 4 nitrogen and oxygen atoms in total. The maximum Gasteiger partial charge on any atom is 0.271 e. The molecule has 2 aromatic heterocycles. The van der Waals surface area contributed by atoms with E-state index >= 15 is 0 Å². The van der Waals surface area contributed by atoms with E-state index in [1.807, 2.05) is 42.5 Å². The van der Waals surface area contributed by atoms with Crippen molar-refractivity contribution in [3.63, 3.8) is 0 Å². The van der Waals surface area contributed by atoms with E-state index in [1.54, 1.807) is 29.4 Å². The molecule has 0 spiro atoms. The summed E-state index contributed by atoms with van der Waals surface area (Å²) in [6.45, 7) is 0.578. The molecule has 0 bridgehead atoms. The first-order chi connectivity index (χ1) is 10.6. The van der Waals surface area contributed by atoms with Crippen LogP contribution in [0.3, 0.4) is 0 Å². The van der Waals surface area contributed by atoms with E-state index < -0.39 is 0 Å². The van der Waals surface area contributed by atoms with Crippen LogP contribution in [-0.4, -0.2) is 28.1 Å². The smallest absolute Gasteiger partial charge is 0.271 e. The molecular weight excluding hydrogens is 362 g/mol. The Hall–Kier alpha value is -1.92. The van der Waals surface area contributed by atoms with Gasteiger partial charge in [-0.2, -0.15) is 5.10 Å². The standard InChI is InChI=1S/C16H14BrN3OS/c1-20(10-12-7-8-15(17)22-12)16(21)14-9-13(18-19-14)11-5-3-2-4-6-11/h2-9H,10H2,1H3,(H,18,19). The van der Waals surface area contributed by atoms with Crippen LogP contribution in [0.4, 0.5) is 0 Å². The van der Waals surface area contributed by atoms with E-state index in [4.69, 9.17) is 0 Å². The van der Waals surface area contributed by atoms with E-state index in [1.165, 1.54) is 0 Å². The van der Waals surface area contributed by atoms with Crippen molar-refractivity contribution < 1.29 is 4.79 Å². The first-order valence-electron chi connectivity index (χ1n) is 6.74. The summed E-state index contributed by atoms with van der Waals surface area (Å²) in [5.41, 5.74) is 2.26. The van der Waals surface area contributed by atoms with E-state index in [9.17, 15) is 4.79 Å². The summed E-state index contributed by atoms with van der Waals surface area (Å²) in [5.74, 6) is -0.0702. The third-order valence-corrected chi connectivity index (χ3v) is 4.85. The molecule has 0 atom stereocenters. The highest BCUT2D eigenvalue weighted by Crippen LogP contribution is 2.23. The van der Waals surface area contributed by atoms with Crippen molar-refractivity contribution >= 4 is 33.2 Å². The Bertz CT molecular complexity index is 782. The maximum atomic E-state index is 12.4. The number of rotatable bonds is 4. The second-order valence-electron chi connectivity index (χ2n) is 4.90. The average Bonchev–Trinajstić information content (AvgIpc) is 3.17. The van der Waals surface area contributed by atoms with Gasteiger partial charge >= 0.3 is 0 Å². The number of carbonyl (C=O) groups is 1. The zero-order chi connectivity index (χ0) is 15.5. The number of hydrogen-bond donors (Lipinski definition) is 1. The van der Waals surface area contributed by atoms with Crippen LogP contribution < -0.4 is 0 Å². The number of amides is 1. The monoisotopic (exact) mass is 375 g/mol. The van der Waals surface area contributed by atoms with Crippen LogP contribution in [0.5, 0.6) is 0 Å². The van der Waals surface area contributed by atoms with Gasteiger partial charge in [0.2, 0.25) is 0 Å². The third-order valence-electron chi connectivity index (χ3n) is 3.25. The Balaban J connectivity index is 1.74. The lowest BCUT2D eigenvalue weighted by atomic mass is 10.1. The minimum Gasteiger partial charge on any atom is -0.335 e. The molecule has 0 aliphatic carbocycles. The summed E-state index contributed by atoms with van der Waals surface area (Å²) < 4.78 is 1.07. The molecule has 112 valence electrons. The van der Waals surface area contributed by atoms with Crippen LogP contribution in [0.25, 0.3) is 11.3 Å². The number of H-pyrrole nitrogens is 1. The first-order valence-corrected chi connectivity index (χ1v) is 8.35. The number of benzene rings is 1. The number of aromatic amines is 1. The van der Waals surface area contributed by atoms with Gasteiger partial charge in [-0.05, 0) is 34.1 Å². The second-order valence-corrected chi connectivity index (χ2v) is 7.45. The number of thiophene rings is 1. The lowest BCUT2D eigenvalue weighted by molar-refractivity contribution is 0.0780. The summed E-state index contributed by atoms with van der Waals surface area (Å²) in [4.78, 5) is 15.3. The average molecular weight is 376 g/mol. The molecule has 0 aliphatic heterocycles. The number of hydrogen-bond acceptors (Lipinski definition) is 3. The molecule has 0 unspecified atom stereocenters. The lowest BCUT2D eigenvalue weighted by Gasteiger charge is -2.14. The molecule has 0 saturated heterocycles. The molecule has 22 heavy (non-hydrogen) atoms. The zero-order valence-corrected chi connectivity index (χ0v) is 14.3. The van der Waals surface area contributed by atoms with Gasteiger partial charge in [0.25, 0.3) is 5.91 Å². The molecule has 0 fully saturated rings. The molecule has 1 N–H and O–H groups in total. The topological polar surface area (TPSA) is 49.0 Å². The van der Waals surface area contributed by atoms with Crippen molar-refractivity contribution in [2.45, 2.75) is 6.54 Å². The number of nitrogens with zero attached hydrogens (tertiary/aromatic N) is 2. The Morgan fingerprint density at radius 3 is 2.73 bits per heavy atom. The Kier molecular flexibility index (Phi) is 4.40. The Morgan fingerprint density at radius 1 is 1.27 bits per heavy atom. The van der Waals surface area contributed by atoms with Gasteiger partial charge in [-0.15, -0.1) is 11.3 Å². The highest BCUT2D eigenvalue weighted by molar-refractivity contribution is 9.11. The fourth-order valence-electron chi connectivity index (χ4n) is 2.14. The van der Waals surface area contributed by atoms with Crippen LogP contribution in [0.15, 0.2) is 52.3 Å². The molecule has 3 rings (SSSR count). The highest BCUT2D eigenvalue weighted by Gasteiger charge is 2.16. The van der Waals surface area contributed by atoms with Crippen molar-refractivity contribution in [2.24, 2.45) is 0 Å². The zero-order valence-electron chi connectivity index (χ0n) is 11.9. The summed E-state index contributed by atoms with van der Waals surface area (Å²) in [5, 5.41) is 7.05. The Morgan fingerprint density at radius 2 is 2.05 bits per heavy atom. The van der Waals surface area contributed by atoms with E-state index in [0.29, 0.717) is 12.2 Å². The van der Waals surface area contributed by atoms with Crippen LogP contribution in [0.1, 0.15) is 15.4 Å². The van der Waals surface area contributed by atoms with Crippen molar-refractivity contribution in [2.75, 3.05) is 7.05 Å².